The highest BCUT2D eigenvalue weighted by atomic mass is 32.2. The van der Waals surface area contributed by atoms with E-state index in [1.807, 2.05) is 35.8 Å². The zero-order valence-electron chi connectivity index (χ0n) is 18.0. The van der Waals surface area contributed by atoms with Crippen LogP contribution in [0, 0.1) is 5.82 Å². The third-order valence-electron chi connectivity index (χ3n) is 4.79. The monoisotopic (exact) mass is 464 g/mol. The number of methoxy groups -OCH3 is 1. The van der Waals surface area contributed by atoms with Crippen LogP contribution < -0.4 is 10.1 Å². The van der Waals surface area contributed by atoms with Crippen LogP contribution in [0.15, 0.2) is 65.8 Å². The summed E-state index contributed by atoms with van der Waals surface area (Å²) in [5, 5.41) is 20.0. The summed E-state index contributed by atoms with van der Waals surface area (Å²) < 4.78 is 20.2. The zero-order valence-corrected chi connectivity index (χ0v) is 18.8. The molecule has 0 atom stereocenters. The molecule has 0 unspecified atom stereocenters. The number of thioether (sulfide) groups is 1. The average molecular weight is 465 g/mol. The maximum atomic E-state index is 13.2. The minimum atomic E-state index is -0.312. The van der Waals surface area contributed by atoms with Crippen LogP contribution in [0.4, 0.5) is 10.2 Å². The molecule has 0 saturated heterocycles. The van der Waals surface area contributed by atoms with Crippen LogP contribution in [0.25, 0.3) is 22.6 Å². The predicted octanol–water partition coefficient (Wildman–Crippen LogP) is 4.30. The first-order valence-corrected chi connectivity index (χ1v) is 11.2. The molecule has 4 rings (SSSR count). The molecule has 0 bridgehead atoms. The Morgan fingerprint density at radius 1 is 0.970 bits per heavy atom. The highest BCUT2D eigenvalue weighted by molar-refractivity contribution is 7.99. The summed E-state index contributed by atoms with van der Waals surface area (Å²) in [5.41, 5.74) is 2.34. The molecule has 33 heavy (non-hydrogen) atoms. The summed E-state index contributed by atoms with van der Waals surface area (Å²) in [5.74, 6) is 1.33. The fraction of sp³-hybridized carbons (Fsp3) is 0.174. The summed E-state index contributed by atoms with van der Waals surface area (Å²) in [6.45, 7) is 2.57. The van der Waals surface area contributed by atoms with Gasteiger partial charge in [-0.05, 0) is 67.6 Å². The van der Waals surface area contributed by atoms with E-state index in [-0.39, 0.29) is 17.5 Å². The van der Waals surface area contributed by atoms with Gasteiger partial charge in [-0.25, -0.2) is 4.39 Å². The van der Waals surface area contributed by atoms with Crippen LogP contribution in [0.5, 0.6) is 5.75 Å². The van der Waals surface area contributed by atoms with E-state index < -0.39 is 0 Å². The van der Waals surface area contributed by atoms with Crippen molar-refractivity contribution in [3.05, 3.63) is 66.5 Å². The highest BCUT2D eigenvalue weighted by Gasteiger charge is 2.15. The van der Waals surface area contributed by atoms with Crippen LogP contribution in [-0.2, 0) is 11.3 Å². The number of halogens is 1. The van der Waals surface area contributed by atoms with Crippen LogP contribution in [0.1, 0.15) is 6.92 Å². The molecule has 0 aliphatic carbocycles. The fourth-order valence-electron chi connectivity index (χ4n) is 3.12. The first-order chi connectivity index (χ1) is 16.1. The van der Waals surface area contributed by atoms with E-state index in [9.17, 15) is 9.18 Å². The molecule has 2 aromatic carbocycles. The Morgan fingerprint density at radius 3 is 2.33 bits per heavy atom. The molecule has 4 aromatic rings. The van der Waals surface area contributed by atoms with Crippen molar-refractivity contribution in [2.75, 3.05) is 18.2 Å². The standard InChI is InChI=1S/C23H21FN6O2S/c1-3-30-22(16-4-8-17(24)9-5-16)28-29-23(30)33-14-21(31)25-20-13-12-19(26-27-20)15-6-10-18(32-2)11-7-15/h4-13H,3,14H2,1-2H3,(H,25,27,31). The number of carbonyl (C=O) groups is 1. The third kappa shape index (κ3) is 5.35. The summed E-state index contributed by atoms with van der Waals surface area (Å²) in [4.78, 5) is 12.4. The summed E-state index contributed by atoms with van der Waals surface area (Å²) in [7, 11) is 1.61. The smallest absolute Gasteiger partial charge is 0.236 e. The fourth-order valence-corrected chi connectivity index (χ4v) is 3.92. The molecule has 0 aliphatic rings. The topological polar surface area (TPSA) is 94.8 Å². The number of benzene rings is 2. The molecule has 0 aliphatic heterocycles. The lowest BCUT2D eigenvalue weighted by Crippen LogP contribution is -2.16. The van der Waals surface area contributed by atoms with E-state index in [1.165, 1.54) is 23.9 Å². The summed E-state index contributed by atoms with van der Waals surface area (Å²) in [6.07, 6.45) is 0. The molecule has 1 N–H and O–H groups in total. The largest absolute Gasteiger partial charge is 0.497 e. The Bertz CT molecular complexity index is 1230. The summed E-state index contributed by atoms with van der Waals surface area (Å²) >= 11 is 1.26. The maximum Gasteiger partial charge on any atom is 0.236 e. The molecular formula is C23H21FN6O2S. The van der Waals surface area contributed by atoms with Crippen molar-refractivity contribution in [2.24, 2.45) is 0 Å². The predicted molar refractivity (Wildman–Crippen MR) is 124 cm³/mol. The molecule has 168 valence electrons. The van der Waals surface area contributed by atoms with Gasteiger partial charge < -0.3 is 14.6 Å². The second-order valence-corrected chi connectivity index (χ2v) is 7.87. The minimum absolute atomic E-state index is 0.128. The van der Waals surface area contributed by atoms with Gasteiger partial charge in [0.1, 0.15) is 11.6 Å². The number of rotatable bonds is 8. The quantitative estimate of drug-likeness (QED) is 0.389. The maximum absolute atomic E-state index is 13.2. The molecule has 2 heterocycles. The molecule has 0 saturated carbocycles. The van der Waals surface area contributed by atoms with Gasteiger partial charge in [0.25, 0.3) is 0 Å². The number of aromatic nitrogens is 5. The van der Waals surface area contributed by atoms with Crippen molar-refractivity contribution in [3.8, 4) is 28.4 Å². The number of anilines is 1. The number of nitrogens with zero attached hydrogens (tertiary/aromatic N) is 5. The number of nitrogens with one attached hydrogen (secondary N) is 1. The van der Waals surface area contributed by atoms with E-state index in [0.717, 1.165) is 16.9 Å². The SMILES string of the molecule is CCn1c(SCC(=O)Nc2ccc(-c3ccc(OC)cc3)nn2)nnc1-c1ccc(F)cc1. The normalized spacial score (nSPS) is 10.8. The van der Waals surface area contributed by atoms with Gasteiger partial charge in [-0.15, -0.1) is 20.4 Å². The average Bonchev–Trinajstić information content (AvgIpc) is 3.27. The molecule has 0 fully saturated rings. The van der Waals surface area contributed by atoms with Gasteiger partial charge in [-0.3, -0.25) is 4.79 Å². The first kappa shape index (κ1) is 22.4. The van der Waals surface area contributed by atoms with Gasteiger partial charge in [0.05, 0.1) is 18.6 Å². The number of ether oxygens (including phenoxy) is 1. The van der Waals surface area contributed by atoms with Gasteiger partial charge in [-0.2, -0.15) is 0 Å². The third-order valence-corrected chi connectivity index (χ3v) is 5.75. The second-order valence-electron chi connectivity index (χ2n) is 6.93. The van der Waals surface area contributed by atoms with Gasteiger partial charge in [-0.1, -0.05) is 11.8 Å². The van der Waals surface area contributed by atoms with Gasteiger partial charge in [0, 0.05) is 17.7 Å². The Kier molecular flexibility index (Phi) is 6.94. The van der Waals surface area contributed by atoms with Crippen molar-refractivity contribution in [1.29, 1.82) is 0 Å². The lowest BCUT2D eigenvalue weighted by Gasteiger charge is -2.08. The lowest BCUT2D eigenvalue weighted by atomic mass is 10.1. The molecule has 0 spiro atoms. The van der Waals surface area contributed by atoms with E-state index in [0.29, 0.717) is 29.0 Å². The van der Waals surface area contributed by atoms with Crippen LogP contribution in [-0.4, -0.2) is 43.7 Å². The lowest BCUT2D eigenvalue weighted by molar-refractivity contribution is -0.113. The second kappa shape index (κ2) is 10.2. The Labute approximate surface area is 194 Å². The van der Waals surface area contributed by atoms with Gasteiger partial charge in [0.2, 0.25) is 5.91 Å². The van der Waals surface area contributed by atoms with Crippen molar-refractivity contribution in [2.45, 2.75) is 18.6 Å². The summed E-state index contributed by atoms with van der Waals surface area (Å²) in [6, 6.07) is 17.0. The Morgan fingerprint density at radius 2 is 1.70 bits per heavy atom. The van der Waals surface area contributed by atoms with E-state index in [1.54, 1.807) is 31.4 Å². The van der Waals surface area contributed by atoms with Crippen molar-refractivity contribution in [1.82, 2.24) is 25.0 Å². The van der Waals surface area contributed by atoms with E-state index >= 15 is 0 Å². The Hall–Kier alpha value is -3.79. The molecular weight excluding hydrogens is 443 g/mol. The number of hydrogen-bond donors (Lipinski definition) is 1. The van der Waals surface area contributed by atoms with Crippen molar-refractivity contribution < 1.29 is 13.9 Å². The Balaban J connectivity index is 1.37. The highest BCUT2D eigenvalue weighted by Crippen LogP contribution is 2.25. The van der Waals surface area contributed by atoms with Crippen LogP contribution in [0.2, 0.25) is 0 Å². The van der Waals surface area contributed by atoms with Crippen molar-refractivity contribution in [3.63, 3.8) is 0 Å². The number of amides is 1. The zero-order chi connectivity index (χ0) is 23.2. The van der Waals surface area contributed by atoms with Gasteiger partial charge in [0.15, 0.2) is 16.8 Å². The molecule has 0 radical (unpaired) electrons. The van der Waals surface area contributed by atoms with E-state index in [2.05, 4.69) is 25.7 Å². The molecule has 1 amide bonds. The number of hydrogen-bond acceptors (Lipinski definition) is 7. The molecule has 10 heteroatoms. The van der Waals surface area contributed by atoms with Crippen LogP contribution >= 0.6 is 11.8 Å². The van der Waals surface area contributed by atoms with Crippen LogP contribution in [0.3, 0.4) is 0 Å². The van der Waals surface area contributed by atoms with Gasteiger partial charge >= 0.3 is 0 Å². The minimum Gasteiger partial charge on any atom is -0.497 e. The van der Waals surface area contributed by atoms with E-state index in [4.69, 9.17) is 4.74 Å². The van der Waals surface area contributed by atoms with Crippen molar-refractivity contribution >= 4 is 23.5 Å². The number of carbonyl (C=O) groups excluding carboxylic acids is 1. The molecule has 8 nitrogen and oxygen atoms in total. The first-order valence-electron chi connectivity index (χ1n) is 10.2. The molecule has 2 aromatic heterocycles.